The lowest BCUT2D eigenvalue weighted by Crippen LogP contribution is -2.44. The van der Waals surface area contributed by atoms with E-state index in [4.69, 9.17) is 4.74 Å². The molecular formula is C20H24F2N2O3S. The molecule has 1 N–H and O–H groups in total. The van der Waals surface area contributed by atoms with Crippen LogP contribution in [-0.2, 0) is 20.5 Å². The zero-order chi connectivity index (χ0) is 20.1. The predicted octanol–water partition coefficient (Wildman–Crippen LogP) is 2.77. The van der Waals surface area contributed by atoms with Gasteiger partial charge in [-0.25, -0.2) is 21.9 Å². The number of halogens is 2. The van der Waals surface area contributed by atoms with Crippen LogP contribution in [0.1, 0.15) is 22.7 Å². The van der Waals surface area contributed by atoms with Gasteiger partial charge in [-0.15, -0.1) is 0 Å². The Bertz CT molecular complexity index is 898. The first kappa shape index (κ1) is 20.9. The van der Waals surface area contributed by atoms with Crippen LogP contribution in [0.5, 0.6) is 0 Å². The van der Waals surface area contributed by atoms with E-state index in [0.29, 0.717) is 26.3 Å². The van der Waals surface area contributed by atoms with Gasteiger partial charge in [0.2, 0.25) is 10.0 Å². The summed E-state index contributed by atoms with van der Waals surface area (Å²) < 4.78 is 60.1. The first-order valence-electron chi connectivity index (χ1n) is 9.14. The van der Waals surface area contributed by atoms with Crippen molar-refractivity contribution in [3.8, 4) is 0 Å². The molecule has 3 rings (SSSR count). The fraction of sp³-hybridized carbons (Fsp3) is 0.400. The van der Waals surface area contributed by atoms with Crippen LogP contribution in [-0.4, -0.2) is 46.2 Å². The van der Waals surface area contributed by atoms with Crippen molar-refractivity contribution in [1.82, 2.24) is 9.62 Å². The van der Waals surface area contributed by atoms with E-state index >= 15 is 0 Å². The highest BCUT2D eigenvalue weighted by molar-refractivity contribution is 7.88. The normalized spacial score (nSPS) is 16.8. The average molecular weight is 410 g/mol. The van der Waals surface area contributed by atoms with Crippen LogP contribution in [0, 0.1) is 18.6 Å². The number of morpholine rings is 1. The molecule has 1 aliphatic rings. The zero-order valence-electron chi connectivity index (χ0n) is 15.7. The van der Waals surface area contributed by atoms with E-state index in [2.05, 4.69) is 9.62 Å². The third-order valence-electron chi connectivity index (χ3n) is 4.80. The van der Waals surface area contributed by atoms with Crippen molar-refractivity contribution >= 4 is 10.0 Å². The molecule has 8 heteroatoms. The summed E-state index contributed by atoms with van der Waals surface area (Å²) in [6.45, 7) is 4.69. The molecule has 0 aliphatic carbocycles. The molecule has 0 saturated carbocycles. The second kappa shape index (κ2) is 9.09. The minimum Gasteiger partial charge on any atom is -0.379 e. The van der Waals surface area contributed by atoms with Gasteiger partial charge in [0.25, 0.3) is 0 Å². The lowest BCUT2D eigenvalue weighted by molar-refractivity contribution is 0.0172. The summed E-state index contributed by atoms with van der Waals surface area (Å²) in [6.07, 6.45) is 0. The van der Waals surface area contributed by atoms with Crippen molar-refractivity contribution in [2.24, 2.45) is 0 Å². The second-order valence-electron chi connectivity index (χ2n) is 6.92. The van der Waals surface area contributed by atoms with Crippen molar-refractivity contribution in [3.05, 3.63) is 70.8 Å². The summed E-state index contributed by atoms with van der Waals surface area (Å²) in [4.78, 5) is 2.17. The van der Waals surface area contributed by atoms with Crippen LogP contribution in [0.25, 0.3) is 0 Å². The Hall–Kier alpha value is -1.87. The molecule has 2 aromatic carbocycles. The fourth-order valence-corrected chi connectivity index (χ4v) is 4.40. The Labute approximate surface area is 164 Å². The molecule has 5 nitrogen and oxygen atoms in total. The van der Waals surface area contributed by atoms with Gasteiger partial charge in [0.05, 0.1) is 19.0 Å². The predicted molar refractivity (Wildman–Crippen MR) is 103 cm³/mol. The third kappa shape index (κ3) is 5.57. The fourth-order valence-electron chi connectivity index (χ4n) is 3.25. The van der Waals surface area contributed by atoms with Crippen molar-refractivity contribution in [2.45, 2.75) is 18.7 Å². The molecular weight excluding hydrogens is 386 g/mol. The van der Waals surface area contributed by atoms with E-state index in [0.717, 1.165) is 29.3 Å². The van der Waals surface area contributed by atoms with Crippen molar-refractivity contribution in [3.63, 3.8) is 0 Å². The summed E-state index contributed by atoms with van der Waals surface area (Å²) >= 11 is 0. The Morgan fingerprint density at radius 1 is 1.11 bits per heavy atom. The number of nitrogens with one attached hydrogen (secondary N) is 1. The van der Waals surface area contributed by atoms with E-state index in [-0.39, 0.29) is 18.2 Å². The highest BCUT2D eigenvalue weighted by atomic mass is 32.2. The molecule has 1 atom stereocenters. The van der Waals surface area contributed by atoms with Crippen LogP contribution in [0.3, 0.4) is 0 Å². The van der Waals surface area contributed by atoms with Crippen molar-refractivity contribution in [1.29, 1.82) is 0 Å². The maximum Gasteiger partial charge on any atom is 0.215 e. The van der Waals surface area contributed by atoms with Crippen LogP contribution < -0.4 is 4.72 Å². The first-order chi connectivity index (χ1) is 13.3. The standard InChI is InChI=1S/C20H24F2N2O3S/c1-15-2-4-16(5-3-15)20(24-8-10-27-11-9-24)13-23-28(25,26)14-17-12-18(21)6-7-19(17)22/h2-7,12,20,23H,8-11,13-14H2,1H3/t20-/m1/s1. The SMILES string of the molecule is Cc1ccc([C@@H](CNS(=O)(=O)Cc2cc(F)ccc2F)N2CCOCC2)cc1. The Morgan fingerprint density at radius 2 is 1.79 bits per heavy atom. The van der Waals surface area contributed by atoms with Gasteiger partial charge in [0.1, 0.15) is 11.6 Å². The topological polar surface area (TPSA) is 58.6 Å². The molecule has 0 radical (unpaired) electrons. The van der Waals surface area contributed by atoms with E-state index < -0.39 is 27.4 Å². The van der Waals surface area contributed by atoms with Gasteiger partial charge >= 0.3 is 0 Å². The summed E-state index contributed by atoms with van der Waals surface area (Å²) in [6, 6.07) is 10.6. The Morgan fingerprint density at radius 3 is 2.46 bits per heavy atom. The van der Waals surface area contributed by atoms with Gasteiger partial charge < -0.3 is 4.74 Å². The molecule has 152 valence electrons. The molecule has 0 unspecified atom stereocenters. The minimum absolute atomic E-state index is 0.141. The largest absolute Gasteiger partial charge is 0.379 e. The molecule has 0 amide bonds. The molecule has 1 fully saturated rings. The van der Waals surface area contributed by atoms with Crippen LogP contribution in [0.4, 0.5) is 8.78 Å². The summed E-state index contributed by atoms with van der Waals surface area (Å²) in [5, 5.41) is 0. The number of rotatable bonds is 7. The lowest BCUT2D eigenvalue weighted by atomic mass is 10.0. The van der Waals surface area contributed by atoms with Gasteiger partial charge in [0.15, 0.2) is 0 Å². The zero-order valence-corrected chi connectivity index (χ0v) is 16.5. The van der Waals surface area contributed by atoms with Crippen LogP contribution in [0.2, 0.25) is 0 Å². The number of sulfonamides is 1. The number of hydrogen-bond donors (Lipinski definition) is 1. The van der Waals surface area contributed by atoms with Crippen molar-refractivity contribution in [2.75, 3.05) is 32.8 Å². The molecule has 0 spiro atoms. The summed E-state index contributed by atoms with van der Waals surface area (Å²) in [5.41, 5.74) is 1.92. The number of hydrogen-bond acceptors (Lipinski definition) is 4. The smallest absolute Gasteiger partial charge is 0.215 e. The Balaban J connectivity index is 1.74. The highest BCUT2D eigenvalue weighted by Crippen LogP contribution is 2.22. The molecule has 1 heterocycles. The maximum absolute atomic E-state index is 13.8. The molecule has 1 aliphatic heterocycles. The van der Waals surface area contributed by atoms with Crippen LogP contribution in [0.15, 0.2) is 42.5 Å². The minimum atomic E-state index is -3.84. The van der Waals surface area contributed by atoms with Gasteiger partial charge in [-0.1, -0.05) is 29.8 Å². The van der Waals surface area contributed by atoms with Gasteiger partial charge in [-0.05, 0) is 30.7 Å². The molecule has 28 heavy (non-hydrogen) atoms. The average Bonchev–Trinajstić information content (AvgIpc) is 2.67. The maximum atomic E-state index is 13.8. The molecule has 2 aromatic rings. The quantitative estimate of drug-likeness (QED) is 0.763. The monoisotopic (exact) mass is 410 g/mol. The van der Waals surface area contributed by atoms with E-state index in [9.17, 15) is 17.2 Å². The number of aryl methyl sites for hydroxylation is 1. The molecule has 0 aromatic heterocycles. The van der Waals surface area contributed by atoms with Gasteiger partial charge in [-0.3, -0.25) is 4.90 Å². The lowest BCUT2D eigenvalue weighted by Gasteiger charge is -2.35. The summed E-state index contributed by atoms with van der Waals surface area (Å²) in [7, 11) is -3.84. The highest BCUT2D eigenvalue weighted by Gasteiger charge is 2.25. The van der Waals surface area contributed by atoms with E-state index in [1.165, 1.54) is 0 Å². The number of ether oxygens (including phenoxy) is 1. The van der Waals surface area contributed by atoms with E-state index in [1.807, 2.05) is 31.2 Å². The first-order valence-corrected chi connectivity index (χ1v) is 10.8. The molecule has 1 saturated heterocycles. The summed E-state index contributed by atoms with van der Waals surface area (Å²) in [5.74, 6) is -2.02. The second-order valence-corrected chi connectivity index (χ2v) is 8.72. The number of benzene rings is 2. The molecule has 0 bridgehead atoms. The number of nitrogens with zero attached hydrogens (tertiary/aromatic N) is 1. The van der Waals surface area contributed by atoms with Gasteiger partial charge in [0, 0.05) is 31.2 Å². The van der Waals surface area contributed by atoms with Crippen molar-refractivity contribution < 1.29 is 21.9 Å². The Kier molecular flexibility index (Phi) is 6.77. The van der Waals surface area contributed by atoms with Crippen LogP contribution >= 0.6 is 0 Å². The van der Waals surface area contributed by atoms with Gasteiger partial charge in [-0.2, -0.15) is 0 Å². The third-order valence-corrected chi connectivity index (χ3v) is 6.10. The van der Waals surface area contributed by atoms with E-state index in [1.54, 1.807) is 0 Å².